The van der Waals surface area contributed by atoms with Gasteiger partial charge in [0.15, 0.2) is 0 Å². The Bertz CT molecular complexity index is 1140. The molecule has 0 saturated heterocycles. The zero-order valence-electron chi connectivity index (χ0n) is 17.3. The summed E-state index contributed by atoms with van der Waals surface area (Å²) in [5.41, 5.74) is 2.88. The van der Waals surface area contributed by atoms with Crippen molar-refractivity contribution in [3.05, 3.63) is 65.9 Å². The molecule has 154 valence electrons. The molecule has 3 aromatic rings. The van der Waals surface area contributed by atoms with Crippen molar-refractivity contribution < 1.29 is 24.2 Å². The van der Waals surface area contributed by atoms with Crippen molar-refractivity contribution >= 4 is 28.2 Å². The van der Waals surface area contributed by atoms with E-state index < -0.39 is 11.9 Å². The van der Waals surface area contributed by atoms with Gasteiger partial charge in [-0.25, -0.2) is 4.79 Å². The fourth-order valence-electron chi connectivity index (χ4n) is 3.40. The molecule has 0 atom stereocenters. The van der Waals surface area contributed by atoms with E-state index >= 15 is 0 Å². The molecule has 0 aliphatic carbocycles. The number of nitrogens with one attached hydrogen (secondary N) is 1. The molecule has 1 amide bonds. The Morgan fingerprint density at radius 3 is 2.03 bits per heavy atom. The number of fused-ring (bicyclic) bond motifs is 1. The average molecular weight is 405 g/mol. The molecule has 6 heteroatoms. The Morgan fingerprint density at radius 1 is 0.867 bits per heavy atom. The summed E-state index contributed by atoms with van der Waals surface area (Å²) >= 11 is 0. The Labute approximate surface area is 174 Å². The van der Waals surface area contributed by atoms with Gasteiger partial charge in [-0.1, -0.05) is 30.3 Å². The van der Waals surface area contributed by atoms with E-state index in [2.05, 4.69) is 5.32 Å². The standard InChI is InChI=1S/C24H23NO5/c1-14(23(24(27)28)25-15(2)26)16-8-9-18-13-19(11-10-17(18)12-16)22-20(29-3)6-5-7-21(22)30-4/h5-13H,1-4H3,(H,25,26)(H,27,28). The van der Waals surface area contributed by atoms with Gasteiger partial charge in [0.25, 0.3) is 0 Å². The topological polar surface area (TPSA) is 84.9 Å². The van der Waals surface area contributed by atoms with E-state index in [0.717, 1.165) is 27.5 Å². The number of hydrogen-bond acceptors (Lipinski definition) is 4. The Morgan fingerprint density at radius 2 is 1.47 bits per heavy atom. The van der Waals surface area contributed by atoms with E-state index in [1.165, 1.54) is 6.92 Å². The van der Waals surface area contributed by atoms with Crippen LogP contribution >= 0.6 is 0 Å². The number of rotatable bonds is 6. The lowest BCUT2D eigenvalue weighted by atomic mass is 9.96. The number of allylic oxidation sites excluding steroid dienone is 1. The minimum Gasteiger partial charge on any atom is -0.496 e. The number of aliphatic carboxylic acids is 1. The molecule has 0 unspecified atom stereocenters. The predicted molar refractivity (Wildman–Crippen MR) is 117 cm³/mol. The molecular formula is C24H23NO5. The first kappa shape index (κ1) is 20.9. The molecule has 0 aliphatic rings. The van der Waals surface area contributed by atoms with Gasteiger partial charge >= 0.3 is 5.97 Å². The number of ether oxygens (including phenoxy) is 2. The van der Waals surface area contributed by atoms with E-state index in [9.17, 15) is 14.7 Å². The van der Waals surface area contributed by atoms with E-state index in [4.69, 9.17) is 9.47 Å². The van der Waals surface area contributed by atoms with Crippen LogP contribution in [0.1, 0.15) is 19.4 Å². The Balaban J connectivity index is 2.10. The van der Waals surface area contributed by atoms with E-state index in [1.807, 2.05) is 54.6 Å². The molecule has 0 spiro atoms. The summed E-state index contributed by atoms with van der Waals surface area (Å²) in [6.45, 7) is 2.96. The minimum absolute atomic E-state index is 0.128. The van der Waals surface area contributed by atoms with Gasteiger partial charge in [0.05, 0.1) is 19.8 Å². The number of carbonyl (C=O) groups is 2. The zero-order valence-corrected chi connectivity index (χ0v) is 17.3. The molecule has 0 bridgehead atoms. The van der Waals surface area contributed by atoms with Crippen LogP contribution in [0.15, 0.2) is 60.3 Å². The van der Waals surface area contributed by atoms with Crippen molar-refractivity contribution in [1.29, 1.82) is 0 Å². The average Bonchev–Trinajstić information content (AvgIpc) is 2.75. The third-order valence-corrected chi connectivity index (χ3v) is 4.88. The predicted octanol–water partition coefficient (Wildman–Crippen LogP) is 4.48. The van der Waals surface area contributed by atoms with E-state index in [1.54, 1.807) is 21.1 Å². The van der Waals surface area contributed by atoms with Gasteiger partial charge in [-0.15, -0.1) is 0 Å². The highest BCUT2D eigenvalue weighted by Crippen LogP contribution is 2.39. The molecule has 0 fully saturated rings. The molecular weight excluding hydrogens is 382 g/mol. The normalized spacial score (nSPS) is 11.6. The summed E-state index contributed by atoms with van der Waals surface area (Å²) < 4.78 is 11.0. The number of carboxylic acid groups (broad SMARTS) is 1. The Hall–Kier alpha value is -3.80. The van der Waals surface area contributed by atoms with Gasteiger partial charge in [0.2, 0.25) is 5.91 Å². The molecule has 3 aromatic carbocycles. The molecule has 0 aliphatic heterocycles. The van der Waals surface area contributed by atoms with E-state index in [0.29, 0.717) is 17.1 Å². The summed E-state index contributed by atoms with van der Waals surface area (Å²) in [6, 6.07) is 17.3. The van der Waals surface area contributed by atoms with Gasteiger partial charge in [-0.3, -0.25) is 4.79 Å². The monoisotopic (exact) mass is 405 g/mol. The van der Waals surface area contributed by atoms with Crippen molar-refractivity contribution in [2.75, 3.05) is 14.2 Å². The first-order chi connectivity index (χ1) is 14.3. The SMILES string of the molecule is COc1cccc(OC)c1-c1ccc2cc(C(C)=C(NC(C)=O)C(=O)O)ccc2c1. The second-order valence-corrected chi connectivity index (χ2v) is 6.80. The van der Waals surface area contributed by atoms with Crippen molar-refractivity contribution in [3.8, 4) is 22.6 Å². The molecule has 0 heterocycles. The fraction of sp³-hybridized carbons (Fsp3) is 0.167. The lowest BCUT2D eigenvalue weighted by Crippen LogP contribution is -2.25. The van der Waals surface area contributed by atoms with Crippen LogP contribution < -0.4 is 14.8 Å². The van der Waals surface area contributed by atoms with Crippen molar-refractivity contribution in [1.82, 2.24) is 5.32 Å². The highest BCUT2D eigenvalue weighted by molar-refractivity contribution is 6.00. The second-order valence-electron chi connectivity index (χ2n) is 6.80. The highest BCUT2D eigenvalue weighted by Gasteiger charge is 2.16. The number of hydrogen-bond donors (Lipinski definition) is 2. The molecule has 3 rings (SSSR count). The molecule has 6 nitrogen and oxygen atoms in total. The first-order valence-corrected chi connectivity index (χ1v) is 9.33. The summed E-state index contributed by atoms with van der Waals surface area (Å²) in [4.78, 5) is 22.9. The minimum atomic E-state index is -1.18. The summed E-state index contributed by atoms with van der Waals surface area (Å²) in [5, 5.41) is 13.7. The van der Waals surface area contributed by atoms with Gasteiger partial charge in [0.1, 0.15) is 17.2 Å². The third kappa shape index (κ3) is 4.12. The molecule has 0 radical (unpaired) electrons. The number of carbonyl (C=O) groups excluding carboxylic acids is 1. The molecule has 0 saturated carbocycles. The van der Waals surface area contributed by atoms with Crippen LogP contribution in [0.2, 0.25) is 0 Å². The zero-order chi connectivity index (χ0) is 21.8. The molecule has 0 aromatic heterocycles. The van der Waals surface area contributed by atoms with Crippen LogP contribution in [0.25, 0.3) is 27.5 Å². The highest BCUT2D eigenvalue weighted by atomic mass is 16.5. The number of methoxy groups -OCH3 is 2. The second kappa shape index (κ2) is 8.69. The van der Waals surface area contributed by atoms with Gasteiger partial charge in [-0.05, 0) is 58.7 Å². The van der Waals surface area contributed by atoms with Gasteiger partial charge in [0, 0.05) is 6.92 Å². The maximum atomic E-state index is 11.5. The van der Waals surface area contributed by atoms with E-state index in [-0.39, 0.29) is 5.70 Å². The van der Waals surface area contributed by atoms with Crippen LogP contribution in [0, 0.1) is 0 Å². The number of carboxylic acids is 1. The van der Waals surface area contributed by atoms with Crippen LogP contribution in [0.4, 0.5) is 0 Å². The Kier molecular flexibility index (Phi) is 6.06. The van der Waals surface area contributed by atoms with Crippen LogP contribution in [-0.2, 0) is 9.59 Å². The molecule has 2 N–H and O–H groups in total. The third-order valence-electron chi connectivity index (χ3n) is 4.88. The summed E-state index contributed by atoms with van der Waals surface area (Å²) in [7, 11) is 3.24. The van der Waals surface area contributed by atoms with Gasteiger partial charge in [-0.2, -0.15) is 0 Å². The maximum Gasteiger partial charge on any atom is 0.352 e. The van der Waals surface area contributed by atoms with Crippen molar-refractivity contribution in [3.63, 3.8) is 0 Å². The van der Waals surface area contributed by atoms with Crippen LogP contribution in [0.5, 0.6) is 11.5 Å². The summed E-state index contributed by atoms with van der Waals surface area (Å²) in [6.07, 6.45) is 0. The van der Waals surface area contributed by atoms with Crippen LogP contribution in [-0.4, -0.2) is 31.2 Å². The van der Waals surface area contributed by atoms with Crippen molar-refractivity contribution in [2.24, 2.45) is 0 Å². The van der Waals surface area contributed by atoms with Crippen molar-refractivity contribution in [2.45, 2.75) is 13.8 Å². The maximum absolute atomic E-state index is 11.5. The fourth-order valence-corrected chi connectivity index (χ4v) is 3.40. The summed E-state index contributed by atoms with van der Waals surface area (Å²) in [5.74, 6) is -0.180. The number of amides is 1. The smallest absolute Gasteiger partial charge is 0.352 e. The lowest BCUT2D eigenvalue weighted by molar-refractivity contribution is -0.134. The van der Waals surface area contributed by atoms with Crippen LogP contribution in [0.3, 0.4) is 0 Å². The number of benzene rings is 3. The first-order valence-electron chi connectivity index (χ1n) is 9.33. The molecule has 30 heavy (non-hydrogen) atoms. The largest absolute Gasteiger partial charge is 0.496 e. The quantitative estimate of drug-likeness (QED) is 0.591. The van der Waals surface area contributed by atoms with Gasteiger partial charge < -0.3 is 19.9 Å². The lowest BCUT2D eigenvalue weighted by Gasteiger charge is -2.14.